The molecule has 124 valence electrons. The first-order chi connectivity index (χ1) is 12.1. The Bertz CT molecular complexity index is 1070. The molecule has 6 heteroatoms. The van der Waals surface area contributed by atoms with Crippen molar-refractivity contribution in [1.29, 1.82) is 0 Å². The van der Waals surface area contributed by atoms with E-state index in [2.05, 4.69) is 6.07 Å². The predicted molar refractivity (Wildman–Crippen MR) is 102 cm³/mol. The van der Waals surface area contributed by atoms with Crippen molar-refractivity contribution in [2.75, 3.05) is 0 Å². The van der Waals surface area contributed by atoms with Gasteiger partial charge in [0.25, 0.3) is 0 Å². The van der Waals surface area contributed by atoms with Gasteiger partial charge in [0.1, 0.15) is 5.82 Å². The lowest BCUT2D eigenvalue weighted by Gasteiger charge is -2.10. The van der Waals surface area contributed by atoms with E-state index in [-0.39, 0.29) is 0 Å². The Morgan fingerprint density at radius 3 is 2.72 bits per heavy atom. The van der Waals surface area contributed by atoms with E-state index in [1.807, 2.05) is 46.3 Å². The summed E-state index contributed by atoms with van der Waals surface area (Å²) in [6.45, 7) is 0. The van der Waals surface area contributed by atoms with Crippen molar-refractivity contribution < 1.29 is 4.79 Å². The van der Waals surface area contributed by atoms with Gasteiger partial charge in [0.15, 0.2) is 0 Å². The number of aromatic nitrogens is 2. The van der Waals surface area contributed by atoms with Gasteiger partial charge >= 0.3 is 0 Å². The van der Waals surface area contributed by atoms with E-state index in [0.717, 1.165) is 22.5 Å². The molecule has 0 fully saturated rings. The second-order valence-corrected chi connectivity index (χ2v) is 7.08. The molecule has 0 aliphatic carbocycles. The molecule has 1 amide bonds. The maximum Gasteiger partial charge on any atom is 0.248 e. The molecule has 0 saturated carbocycles. The van der Waals surface area contributed by atoms with Crippen molar-refractivity contribution >= 4 is 39.9 Å². The van der Waals surface area contributed by atoms with Crippen LogP contribution in [0, 0.1) is 0 Å². The van der Waals surface area contributed by atoms with E-state index < -0.39 is 5.91 Å². The molecule has 4 aromatic rings. The van der Waals surface area contributed by atoms with Crippen molar-refractivity contribution in [1.82, 2.24) is 9.55 Å². The number of thiophene rings is 1. The van der Waals surface area contributed by atoms with E-state index >= 15 is 0 Å². The molecule has 0 aliphatic rings. The van der Waals surface area contributed by atoms with Gasteiger partial charge < -0.3 is 5.73 Å². The van der Waals surface area contributed by atoms with Gasteiger partial charge in [-0.2, -0.15) is 0 Å². The number of para-hydroxylation sites is 1. The molecule has 4 nitrogen and oxygen atoms in total. The molecule has 2 heterocycles. The number of primary amides is 1. The number of benzene rings is 2. The van der Waals surface area contributed by atoms with Gasteiger partial charge in [-0.15, -0.1) is 11.3 Å². The molecular weight excluding hydrogens is 354 g/mol. The molecule has 2 N–H and O–H groups in total. The normalized spacial score (nSPS) is 11.1. The highest BCUT2D eigenvalue weighted by atomic mass is 35.5. The van der Waals surface area contributed by atoms with Crippen LogP contribution < -0.4 is 5.73 Å². The lowest BCUT2D eigenvalue weighted by Crippen LogP contribution is -2.10. The molecule has 4 rings (SSSR count). The van der Waals surface area contributed by atoms with Crippen LogP contribution in [0.5, 0.6) is 0 Å². The summed E-state index contributed by atoms with van der Waals surface area (Å²) in [6.07, 6.45) is 0.684. The Balaban J connectivity index is 1.96. The monoisotopic (exact) mass is 367 g/mol. The zero-order valence-electron chi connectivity index (χ0n) is 13.1. The summed E-state index contributed by atoms with van der Waals surface area (Å²) < 4.78 is 2.04. The third kappa shape index (κ3) is 2.92. The van der Waals surface area contributed by atoms with Crippen LogP contribution in [0.15, 0.2) is 60.0 Å². The Labute approximate surface area is 153 Å². The van der Waals surface area contributed by atoms with Crippen LogP contribution in [0.25, 0.3) is 16.7 Å². The van der Waals surface area contributed by atoms with Gasteiger partial charge in [-0.1, -0.05) is 29.8 Å². The van der Waals surface area contributed by atoms with Gasteiger partial charge in [-0.05, 0) is 41.8 Å². The van der Waals surface area contributed by atoms with Gasteiger partial charge in [-0.3, -0.25) is 9.36 Å². The molecule has 0 atom stereocenters. The van der Waals surface area contributed by atoms with Crippen molar-refractivity contribution in [3.8, 4) is 5.69 Å². The number of carbonyl (C=O) groups excluding carboxylic acids is 1. The molecular formula is C19H14ClN3OS. The lowest BCUT2D eigenvalue weighted by molar-refractivity contribution is 0.100. The summed E-state index contributed by atoms with van der Waals surface area (Å²) in [7, 11) is 0. The number of fused-ring (bicyclic) bond motifs is 1. The summed E-state index contributed by atoms with van der Waals surface area (Å²) >= 11 is 8.11. The number of hydrogen-bond acceptors (Lipinski definition) is 3. The van der Waals surface area contributed by atoms with Crippen LogP contribution in [0.2, 0.25) is 5.02 Å². The van der Waals surface area contributed by atoms with Crippen LogP contribution in [0.1, 0.15) is 21.1 Å². The van der Waals surface area contributed by atoms with Crippen molar-refractivity contribution in [2.45, 2.75) is 6.42 Å². The van der Waals surface area contributed by atoms with Gasteiger partial charge in [0.05, 0.1) is 21.7 Å². The van der Waals surface area contributed by atoms with E-state index in [1.165, 1.54) is 4.88 Å². The largest absolute Gasteiger partial charge is 0.366 e. The van der Waals surface area contributed by atoms with Crippen LogP contribution in [0.3, 0.4) is 0 Å². The average Bonchev–Trinajstić information content (AvgIpc) is 3.22. The van der Waals surface area contributed by atoms with Gasteiger partial charge in [0, 0.05) is 16.9 Å². The fourth-order valence-electron chi connectivity index (χ4n) is 2.87. The zero-order chi connectivity index (χ0) is 17.4. The highest BCUT2D eigenvalue weighted by molar-refractivity contribution is 7.09. The first kappa shape index (κ1) is 15.9. The number of nitrogens with two attached hydrogens (primary N) is 1. The Kier molecular flexibility index (Phi) is 4.03. The van der Waals surface area contributed by atoms with Crippen LogP contribution in [-0.2, 0) is 6.42 Å². The highest BCUT2D eigenvalue weighted by Crippen LogP contribution is 2.29. The number of halogens is 1. The van der Waals surface area contributed by atoms with Crippen molar-refractivity contribution in [2.24, 2.45) is 5.73 Å². The lowest BCUT2D eigenvalue weighted by atomic mass is 10.2. The van der Waals surface area contributed by atoms with Crippen LogP contribution in [0.4, 0.5) is 0 Å². The molecule has 25 heavy (non-hydrogen) atoms. The smallest absolute Gasteiger partial charge is 0.248 e. The Morgan fingerprint density at radius 2 is 2.00 bits per heavy atom. The van der Waals surface area contributed by atoms with Crippen LogP contribution >= 0.6 is 22.9 Å². The topological polar surface area (TPSA) is 60.9 Å². The molecule has 0 unspecified atom stereocenters. The van der Waals surface area contributed by atoms with E-state index in [0.29, 0.717) is 17.0 Å². The van der Waals surface area contributed by atoms with E-state index in [1.54, 1.807) is 23.5 Å². The number of imidazole rings is 1. The standard InChI is InChI=1S/C19H14ClN3OS/c20-14-5-1-2-6-16(14)23-17-8-7-12(19(21)24)10-15(17)22-18(23)11-13-4-3-9-25-13/h1-10H,11H2,(H2,21,24). The predicted octanol–water partition coefficient (Wildman–Crippen LogP) is 4.43. The number of amides is 1. The average molecular weight is 368 g/mol. The third-order valence-corrected chi connectivity index (χ3v) is 5.21. The summed E-state index contributed by atoms with van der Waals surface area (Å²) in [5.74, 6) is 0.404. The maximum atomic E-state index is 11.5. The maximum absolute atomic E-state index is 11.5. The fourth-order valence-corrected chi connectivity index (χ4v) is 3.79. The SMILES string of the molecule is NC(=O)c1ccc2c(c1)nc(Cc1cccs1)n2-c1ccccc1Cl. The Morgan fingerprint density at radius 1 is 1.16 bits per heavy atom. The molecule has 0 aliphatic heterocycles. The number of hydrogen-bond donors (Lipinski definition) is 1. The minimum atomic E-state index is -0.464. The number of carbonyl (C=O) groups is 1. The molecule has 0 spiro atoms. The van der Waals surface area contributed by atoms with E-state index in [4.69, 9.17) is 22.3 Å². The molecule has 0 saturated heterocycles. The zero-order valence-corrected chi connectivity index (χ0v) is 14.7. The van der Waals surface area contributed by atoms with Gasteiger partial charge in [-0.25, -0.2) is 4.98 Å². The highest BCUT2D eigenvalue weighted by Gasteiger charge is 2.16. The Hall–Kier alpha value is -2.63. The molecule has 2 aromatic carbocycles. The fraction of sp³-hybridized carbons (Fsp3) is 0.0526. The van der Waals surface area contributed by atoms with Crippen molar-refractivity contribution in [3.05, 3.63) is 81.3 Å². The quantitative estimate of drug-likeness (QED) is 0.580. The van der Waals surface area contributed by atoms with Gasteiger partial charge in [0.2, 0.25) is 5.91 Å². The van der Waals surface area contributed by atoms with Crippen LogP contribution in [-0.4, -0.2) is 15.5 Å². The summed E-state index contributed by atoms with van der Waals surface area (Å²) in [5, 5.41) is 2.69. The summed E-state index contributed by atoms with van der Waals surface area (Å²) in [4.78, 5) is 17.4. The van der Waals surface area contributed by atoms with Crippen molar-refractivity contribution in [3.63, 3.8) is 0 Å². The van der Waals surface area contributed by atoms with E-state index in [9.17, 15) is 4.79 Å². The number of rotatable bonds is 4. The second-order valence-electron chi connectivity index (χ2n) is 5.64. The summed E-state index contributed by atoms with van der Waals surface area (Å²) in [6, 6.07) is 17.1. The molecule has 0 radical (unpaired) electrons. The summed E-state index contributed by atoms with van der Waals surface area (Å²) in [5.41, 5.74) is 8.33. The molecule has 0 bridgehead atoms. The molecule has 2 aromatic heterocycles. The second kappa shape index (κ2) is 6.35. The minimum Gasteiger partial charge on any atom is -0.366 e. The first-order valence-corrected chi connectivity index (χ1v) is 8.98. The minimum absolute atomic E-state index is 0.444. The first-order valence-electron chi connectivity index (χ1n) is 7.72. The third-order valence-electron chi connectivity index (χ3n) is 4.01. The number of nitrogens with zero attached hydrogens (tertiary/aromatic N) is 2.